The molecular weight excluding hydrogens is 451 g/mol. The quantitative estimate of drug-likeness (QED) is 0.409. The third-order valence-corrected chi connectivity index (χ3v) is 7.17. The van der Waals surface area contributed by atoms with Crippen molar-refractivity contribution in [2.45, 2.75) is 45.1 Å². The minimum atomic E-state index is -1.29. The third-order valence-electron chi connectivity index (χ3n) is 7.17. The van der Waals surface area contributed by atoms with Gasteiger partial charge >= 0.3 is 5.97 Å². The van der Waals surface area contributed by atoms with Crippen LogP contribution in [0.2, 0.25) is 0 Å². The summed E-state index contributed by atoms with van der Waals surface area (Å²) < 4.78 is 21.2. The lowest BCUT2D eigenvalue weighted by atomic mass is 9.76. The number of aromatic carboxylic acids is 1. The normalized spacial score (nSPS) is 17.8. The van der Waals surface area contributed by atoms with Gasteiger partial charge in [0.05, 0.1) is 11.2 Å². The molecule has 1 saturated heterocycles. The molecule has 7 nitrogen and oxygen atoms in total. The first kappa shape index (κ1) is 26.9. The zero-order valence-corrected chi connectivity index (χ0v) is 21.0. The Labute approximate surface area is 206 Å². The second-order valence-corrected chi connectivity index (χ2v) is 9.77. The Balaban J connectivity index is 1.94. The van der Waals surface area contributed by atoms with Crippen LogP contribution in [0.4, 0.5) is 4.39 Å². The van der Waals surface area contributed by atoms with Crippen LogP contribution < -0.4 is 0 Å². The number of methoxy groups -OCH3 is 1. The van der Waals surface area contributed by atoms with E-state index in [2.05, 4.69) is 4.90 Å². The summed E-state index contributed by atoms with van der Waals surface area (Å²) in [5, 5.41) is 20.9. The highest BCUT2D eigenvalue weighted by atomic mass is 19.1. The standard InChI is InChI=1S/C27H35FN2O5/c1-17-6-7-18(22(12-17)26(32)33)15-30(4)25(35-5)24-19(16-31)13-21(14-23(24)28)27(2,34)20-8-10-29(3)11-9-20/h6-7,12-14,16,20,25,34H,8-11,15H2,1-5H3,(H,32,33). The number of halogens is 1. The van der Waals surface area contributed by atoms with E-state index in [0.717, 1.165) is 31.5 Å². The molecule has 2 aromatic carbocycles. The summed E-state index contributed by atoms with van der Waals surface area (Å²) in [4.78, 5) is 27.6. The SMILES string of the molecule is COC(c1c(F)cc(C(C)(O)C2CCN(C)CC2)cc1C=O)N(C)Cc1ccc(C)cc1C(=O)O. The van der Waals surface area contributed by atoms with Gasteiger partial charge in [0.25, 0.3) is 0 Å². The molecule has 0 spiro atoms. The monoisotopic (exact) mass is 486 g/mol. The van der Waals surface area contributed by atoms with Crippen molar-refractivity contribution >= 4 is 12.3 Å². The molecule has 1 aliphatic heterocycles. The summed E-state index contributed by atoms with van der Waals surface area (Å²) >= 11 is 0. The van der Waals surface area contributed by atoms with Crippen molar-refractivity contribution in [2.75, 3.05) is 34.3 Å². The van der Waals surface area contributed by atoms with Gasteiger partial charge in [-0.1, -0.05) is 17.7 Å². The fraction of sp³-hybridized carbons (Fsp3) is 0.481. The Morgan fingerprint density at radius 2 is 1.97 bits per heavy atom. The largest absolute Gasteiger partial charge is 0.478 e. The Morgan fingerprint density at radius 3 is 2.54 bits per heavy atom. The lowest BCUT2D eigenvalue weighted by Crippen LogP contribution is -2.40. The Hall–Kier alpha value is -2.65. The number of carbonyl (C=O) groups excluding carboxylic acids is 1. The maximum Gasteiger partial charge on any atom is 0.336 e. The first-order chi connectivity index (χ1) is 16.5. The van der Waals surface area contributed by atoms with Gasteiger partial charge in [0, 0.05) is 24.8 Å². The van der Waals surface area contributed by atoms with E-state index in [4.69, 9.17) is 4.74 Å². The molecule has 35 heavy (non-hydrogen) atoms. The van der Waals surface area contributed by atoms with Gasteiger partial charge in [-0.25, -0.2) is 9.18 Å². The van der Waals surface area contributed by atoms with Crippen LogP contribution in [-0.2, 0) is 16.9 Å². The van der Waals surface area contributed by atoms with Crippen LogP contribution in [0.1, 0.15) is 69.0 Å². The van der Waals surface area contributed by atoms with E-state index < -0.39 is 23.6 Å². The molecule has 0 bridgehead atoms. The molecule has 1 heterocycles. The molecule has 1 aliphatic rings. The number of carboxylic acids is 1. The molecule has 0 amide bonds. The number of aryl methyl sites for hydroxylation is 1. The van der Waals surface area contributed by atoms with Crippen molar-refractivity contribution in [3.63, 3.8) is 0 Å². The highest BCUT2D eigenvalue weighted by Gasteiger charge is 2.37. The molecule has 2 N–H and O–H groups in total. The summed E-state index contributed by atoms with van der Waals surface area (Å²) in [7, 11) is 5.11. The zero-order valence-electron chi connectivity index (χ0n) is 21.0. The van der Waals surface area contributed by atoms with Crippen molar-refractivity contribution in [2.24, 2.45) is 5.92 Å². The van der Waals surface area contributed by atoms with E-state index in [-0.39, 0.29) is 29.2 Å². The number of ether oxygens (including phenoxy) is 1. The molecular formula is C27H35FN2O5. The van der Waals surface area contributed by atoms with Crippen molar-refractivity contribution in [1.82, 2.24) is 9.80 Å². The van der Waals surface area contributed by atoms with Crippen LogP contribution in [0, 0.1) is 18.7 Å². The number of carboxylic acid groups (broad SMARTS) is 1. The van der Waals surface area contributed by atoms with Crippen molar-refractivity contribution in [3.8, 4) is 0 Å². The molecule has 2 atom stereocenters. The fourth-order valence-corrected chi connectivity index (χ4v) is 4.99. The topological polar surface area (TPSA) is 90.3 Å². The smallest absolute Gasteiger partial charge is 0.336 e. The Kier molecular flexibility index (Phi) is 8.43. The van der Waals surface area contributed by atoms with Gasteiger partial charge in [0.2, 0.25) is 0 Å². The second-order valence-electron chi connectivity index (χ2n) is 9.77. The van der Waals surface area contributed by atoms with E-state index in [1.54, 1.807) is 31.0 Å². The molecule has 190 valence electrons. The number of likely N-dealkylation sites (tertiary alicyclic amines) is 1. The molecule has 0 radical (unpaired) electrons. The molecule has 0 aliphatic carbocycles. The van der Waals surface area contributed by atoms with Gasteiger partial charge in [0.1, 0.15) is 12.0 Å². The second kappa shape index (κ2) is 11.0. The third kappa shape index (κ3) is 5.78. The first-order valence-corrected chi connectivity index (χ1v) is 11.8. The summed E-state index contributed by atoms with van der Waals surface area (Å²) in [6, 6.07) is 7.95. The molecule has 0 aromatic heterocycles. The van der Waals surface area contributed by atoms with Crippen molar-refractivity contribution in [3.05, 3.63) is 69.5 Å². The van der Waals surface area contributed by atoms with E-state index in [0.29, 0.717) is 17.4 Å². The van der Waals surface area contributed by atoms with E-state index in [1.807, 2.05) is 20.0 Å². The maximum absolute atomic E-state index is 15.6. The molecule has 3 rings (SSSR count). The summed E-state index contributed by atoms with van der Waals surface area (Å²) in [6.45, 7) is 5.33. The number of hydrogen-bond donors (Lipinski definition) is 2. The number of carbonyl (C=O) groups is 2. The van der Waals surface area contributed by atoms with Crippen molar-refractivity contribution in [1.29, 1.82) is 0 Å². The first-order valence-electron chi connectivity index (χ1n) is 11.8. The van der Waals surface area contributed by atoms with E-state index in [9.17, 15) is 19.8 Å². The Morgan fingerprint density at radius 1 is 1.31 bits per heavy atom. The summed E-state index contributed by atoms with van der Waals surface area (Å²) in [6.07, 6.45) is 1.17. The van der Waals surface area contributed by atoms with Crippen LogP contribution in [0.25, 0.3) is 0 Å². The highest BCUT2D eigenvalue weighted by molar-refractivity contribution is 5.89. The molecule has 2 aromatic rings. The van der Waals surface area contributed by atoms with Gasteiger partial charge in [-0.15, -0.1) is 0 Å². The highest BCUT2D eigenvalue weighted by Crippen LogP contribution is 2.38. The number of rotatable bonds is 9. The number of hydrogen-bond acceptors (Lipinski definition) is 6. The van der Waals surface area contributed by atoms with Gasteiger partial charge in [-0.05, 0) is 89.1 Å². The lowest BCUT2D eigenvalue weighted by molar-refractivity contribution is -0.0326. The van der Waals surface area contributed by atoms with Gasteiger partial charge in [-0.2, -0.15) is 0 Å². The molecule has 8 heteroatoms. The minimum Gasteiger partial charge on any atom is -0.478 e. The van der Waals surface area contributed by atoms with Gasteiger partial charge in [0.15, 0.2) is 6.29 Å². The van der Waals surface area contributed by atoms with Crippen LogP contribution >= 0.6 is 0 Å². The molecule has 2 unspecified atom stereocenters. The summed E-state index contributed by atoms with van der Waals surface area (Å²) in [5.74, 6) is -1.76. The van der Waals surface area contributed by atoms with Crippen LogP contribution in [0.5, 0.6) is 0 Å². The maximum atomic E-state index is 15.6. The average Bonchev–Trinajstić information content (AvgIpc) is 2.81. The van der Waals surface area contributed by atoms with Crippen LogP contribution in [-0.4, -0.2) is 66.6 Å². The summed E-state index contributed by atoms with van der Waals surface area (Å²) in [5.41, 5.74) is 0.741. The number of benzene rings is 2. The van der Waals surface area contributed by atoms with E-state index >= 15 is 4.39 Å². The number of aliphatic hydroxyl groups is 1. The fourth-order valence-electron chi connectivity index (χ4n) is 4.99. The van der Waals surface area contributed by atoms with Crippen molar-refractivity contribution < 1.29 is 28.9 Å². The Bertz CT molecular complexity index is 1080. The van der Waals surface area contributed by atoms with Crippen LogP contribution in [0.3, 0.4) is 0 Å². The zero-order chi connectivity index (χ0) is 25.9. The number of piperidine rings is 1. The molecule has 0 saturated carbocycles. The van der Waals surface area contributed by atoms with E-state index in [1.165, 1.54) is 19.2 Å². The average molecular weight is 487 g/mol. The predicted molar refractivity (Wildman–Crippen MR) is 131 cm³/mol. The lowest BCUT2D eigenvalue weighted by Gasteiger charge is -2.39. The molecule has 1 fully saturated rings. The number of aldehydes is 1. The predicted octanol–water partition coefficient (Wildman–Crippen LogP) is 3.97. The minimum absolute atomic E-state index is 0.0527. The van der Waals surface area contributed by atoms with Gasteiger partial charge in [-0.3, -0.25) is 9.69 Å². The number of nitrogens with zero attached hydrogens (tertiary/aromatic N) is 2. The van der Waals surface area contributed by atoms with Gasteiger partial charge < -0.3 is 19.8 Å². The van der Waals surface area contributed by atoms with Crippen LogP contribution in [0.15, 0.2) is 30.3 Å².